The zero-order valence-corrected chi connectivity index (χ0v) is 12.6. The molecule has 3 N–H and O–H groups in total. The Morgan fingerprint density at radius 2 is 1.95 bits per heavy atom. The summed E-state index contributed by atoms with van der Waals surface area (Å²) in [6.07, 6.45) is 7.49. The van der Waals surface area contributed by atoms with Crippen LogP contribution in [0, 0.1) is 19.3 Å². The minimum absolute atomic E-state index is 0.273. The number of imidazole rings is 1. The summed E-state index contributed by atoms with van der Waals surface area (Å²) in [6.45, 7) is 5.05. The fourth-order valence-corrected chi connectivity index (χ4v) is 3.72. The standard InChI is InChI=1S/C17H25N3/c1-12-8-13(2)16-14(9-12)19-15(20-16)10-17(11-18)6-4-3-5-7-17/h8-9H,3-7,10-11,18H2,1-2H3,(H,19,20). The number of aryl methyl sites for hydroxylation is 2. The number of nitrogens with one attached hydrogen (secondary N) is 1. The van der Waals surface area contributed by atoms with E-state index in [4.69, 9.17) is 10.7 Å². The number of rotatable bonds is 3. The van der Waals surface area contributed by atoms with Crippen LogP contribution in [0.3, 0.4) is 0 Å². The average molecular weight is 271 g/mol. The molecule has 1 aliphatic rings. The first-order valence-electron chi connectivity index (χ1n) is 7.78. The predicted molar refractivity (Wildman–Crippen MR) is 83.8 cm³/mol. The van der Waals surface area contributed by atoms with E-state index in [1.165, 1.54) is 48.7 Å². The Bertz CT molecular complexity index is 606. The molecule has 1 aliphatic carbocycles. The average Bonchev–Trinajstić information content (AvgIpc) is 2.82. The topological polar surface area (TPSA) is 54.7 Å². The molecule has 3 rings (SSSR count). The molecular weight excluding hydrogens is 246 g/mol. The van der Waals surface area contributed by atoms with E-state index in [0.717, 1.165) is 24.3 Å². The molecule has 1 aromatic carbocycles. The van der Waals surface area contributed by atoms with Crippen molar-refractivity contribution in [2.75, 3.05) is 6.54 Å². The van der Waals surface area contributed by atoms with E-state index in [1.807, 2.05) is 0 Å². The van der Waals surface area contributed by atoms with E-state index in [-0.39, 0.29) is 5.41 Å². The third kappa shape index (κ3) is 2.47. The van der Waals surface area contributed by atoms with Crippen molar-refractivity contribution < 1.29 is 0 Å². The predicted octanol–water partition coefficient (Wildman–Crippen LogP) is 3.63. The van der Waals surface area contributed by atoms with Crippen molar-refractivity contribution in [2.45, 2.75) is 52.4 Å². The van der Waals surface area contributed by atoms with Gasteiger partial charge in [0.2, 0.25) is 0 Å². The molecule has 2 aromatic rings. The van der Waals surface area contributed by atoms with Crippen LogP contribution in [0.2, 0.25) is 0 Å². The van der Waals surface area contributed by atoms with Gasteiger partial charge in [-0.1, -0.05) is 25.3 Å². The Hall–Kier alpha value is -1.35. The van der Waals surface area contributed by atoms with Crippen LogP contribution in [0.25, 0.3) is 11.0 Å². The second-order valence-electron chi connectivity index (χ2n) is 6.60. The Labute approximate surface area is 121 Å². The number of hydrogen-bond acceptors (Lipinski definition) is 2. The molecule has 0 spiro atoms. The lowest BCUT2D eigenvalue weighted by atomic mass is 9.72. The molecule has 1 aromatic heterocycles. The van der Waals surface area contributed by atoms with E-state index in [1.54, 1.807) is 0 Å². The van der Waals surface area contributed by atoms with Gasteiger partial charge >= 0.3 is 0 Å². The van der Waals surface area contributed by atoms with E-state index >= 15 is 0 Å². The van der Waals surface area contributed by atoms with Gasteiger partial charge in [0, 0.05) is 6.42 Å². The van der Waals surface area contributed by atoms with E-state index < -0.39 is 0 Å². The van der Waals surface area contributed by atoms with Gasteiger partial charge in [0.25, 0.3) is 0 Å². The van der Waals surface area contributed by atoms with Crippen molar-refractivity contribution in [3.63, 3.8) is 0 Å². The molecule has 1 fully saturated rings. The van der Waals surface area contributed by atoms with Crippen LogP contribution in [0.5, 0.6) is 0 Å². The maximum absolute atomic E-state index is 6.09. The van der Waals surface area contributed by atoms with Crippen LogP contribution in [0.4, 0.5) is 0 Å². The summed E-state index contributed by atoms with van der Waals surface area (Å²) in [5.41, 5.74) is 11.2. The summed E-state index contributed by atoms with van der Waals surface area (Å²) >= 11 is 0. The highest BCUT2D eigenvalue weighted by molar-refractivity contribution is 5.79. The van der Waals surface area contributed by atoms with Crippen LogP contribution < -0.4 is 5.73 Å². The largest absolute Gasteiger partial charge is 0.342 e. The highest BCUT2D eigenvalue weighted by atomic mass is 14.9. The van der Waals surface area contributed by atoms with Crippen molar-refractivity contribution in [1.29, 1.82) is 0 Å². The van der Waals surface area contributed by atoms with Crippen LogP contribution in [0.15, 0.2) is 12.1 Å². The summed E-state index contributed by atoms with van der Waals surface area (Å²) in [4.78, 5) is 8.35. The number of nitrogens with zero attached hydrogens (tertiary/aromatic N) is 1. The van der Waals surface area contributed by atoms with Gasteiger partial charge in [-0.25, -0.2) is 4.98 Å². The first kappa shape index (κ1) is 13.6. The van der Waals surface area contributed by atoms with E-state index in [0.29, 0.717) is 0 Å². The molecule has 0 atom stereocenters. The lowest BCUT2D eigenvalue weighted by Gasteiger charge is -2.35. The zero-order chi connectivity index (χ0) is 14.2. The third-order valence-electron chi connectivity index (χ3n) is 4.86. The van der Waals surface area contributed by atoms with Crippen molar-refractivity contribution in [3.05, 3.63) is 29.1 Å². The number of aromatic nitrogens is 2. The van der Waals surface area contributed by atoms with Gasteiger partial charge in [-0.05, 0) is 55.8 Å². The maximum atomic E-state index is 6.09. The first-order chi connectivity index (χ1) is 9.62. The van der Waals surface area contributed by atoms with Gasteiger partial charge in [0.1, 0.15) is 5.82 Å². The monoisotopic (exact) mass is 271 g/mol. The molecule has 1 heterocycles. The maximum Gasteiger partial charge on any atom is 0.107 e. The van der Waals surface area contributed by atoms with Crippen molar-refractivity contribution >= 4 is 11.0 Å². The lowest BCUT2D eigenvalue weighted by Crippen LogP contribution is -2.35. The summed E-state index contributed by atoms with van der Waals surface area (Å²) < 4.78 is 0. The molecule has 20 heavy (non-hydrogen) atoms. The molecule has 0 unspecified atom stereocenters. The van der Waals surface area contributed by atoms with Crippen LogP contribution in [-0.2, 0) is 6.42 Å². The number of H-pyrrole nitrogens is 1. The fraction of sp³-hybridized carbons (Fsp3) is 0.588. The van der Waals surface area contributed by atoms with Crippen LogP contribution >= 0.6 is 0 Å². The van der Waals surface area contributed by atoms with Crippen molar-refractivity contribution in [2.24, 2.45) is 11.1 Å². The molecule has 0 aliphatic heterocycles. The normalized spacial score (nSPS) is 18.6. The van der Waals surface area contributed by atoms with Crippen molar-refractivity contribution in [3.8, 4) is 0 Å². The smallest absolute Gasteiger partial charge is 0.107 e. The third-order valence-corrected chi connectivity index (χ3v) is 4.86. The van der Waals surface area contributed by atoms with E-state index in [2.05, 4.69) is 31.0 Å². The molecule has 0 saturated heterocycles. The SMILES string of the molecule is Cc1cc(C)c2nc(CC3(CN)CCCCC3)[nH]c2c1. The second-order valence-corrected chi connectivity index (χ2v) is 6.60. The van der Waals surface area contributed by atoms with Crippen molar-refractivity contribution in [1.82, 2.24) is 9.97 Å². The summed E-state index contributed by atoms with van der Waals surface area (Å²) in [6, 6.07) is 4.39. The first-order valence-corrected chi connectivity index (χ1v) is 7.78. The number of fused-ring (bicyclic) bond motifs is 1. The zero-order valence-electron chi connectivity index (χ0n) is 12.6. The second kappa shape index (κ2) is 5.21. The molecule has 0 bridgehead atoms. The Morgan fingerprint density at radius 3 is 2.65 bits per heavy atom. The number of benzene rings is 1. The van der Waals surface area contributed by atoms with Gasteiger partial charge in [0.05, 0.1) is 11.0 Å². The van der Waals surface area contributed by atoms with Gasteiger partial charge in [0.15, 0.2) is 0 Å². The molecule has 3 nitrogen and oxygen atoms in total. The molecule has 3 heteroatoms. The number of nitrogens with two attached hydrogens (primary N) is 1. The summed E-state index contributed by atoms with van der Waals surface area (Å²) in [5, 5.41) is 0. The highest BCUT2D eigenvalue weighted by Gasteiger charge is 2.31. The molecule has 1 saturated carbocycles. The minimum Gasteiger partial charge on any atom is -0.342 e. The van der Waals surface area contributed by atoms with E-state index in [9.17, 15) is 0 Å². The highest BCUT2D eigenvalue weighted by Crippen LogP contribution is 2.38. The van der Waals surface area contributed by atoms with Gasteiger partial charge in [-0.15, -0.1) is 0 Å². The van der Waals surface area contributed by atoms with Gasteiger partial charge in [-0.3, -0.25) is 0 Å². The summed E-state index contributed by atoms with van der Waals surface area (Å²) in [7, 11) is 0. The Morgan fingerprint density at radius 1 is 1.20 bits per heavy atom. The summed E-state index contributed by atoms with van der Waals surface area (Å²) in [5.74, 6) is 1.11. The van der Waals surface area contributed by atoms with Gasteiger partial charge in [-0.2, -0.15) is 0 Å². The Kier molecular flexibility index (Phi) is 3.55. The van der Waals surface area contributed by atoms with Crippen LogP contribution in [0.1, 0.15) is 49.1 Å². The fourth-order valence-electron chi connectivity index (χ4n) is 3.72. The molecular formula is C17H25N3. The molecule has 108 valence electrons. The van der Waals surface area contributed by atoms with Crippen LogP contribution in [-0.4, -0.2) is 16.5 Å². The Balaban J connectivity index is 1.92. The molecule has 0 amide bonds. The lowest BCUT2D eigenvalue weighted by molar-refractivity contribution is 0.194. The quantitative estimate of drug-likeness (QED) is 0.895. The van der Waals surface area contributed by atoms with Gasteiger partial charge < -0.3 is 10.7 Å². The molecule has 0 radical (unpaired) electrons. The number of hydrogen-bond donors (Lipinski definition) is 2. The number of aromatic amines is 1. The minimum atomic E-state index is 0.273.